The van der Waals surface area contributed by atoms with Crippen molar-refractivity contribution in [2.45, 2.75) is 22.8 Å². The molecule has 2 atom stereocenters. The Morgan fingerprint density at radius 3 is 2.19 bits per heavy atom. The lowest BCUT2D eigenvalue weighted by Crippen LogP contribution is -2.32. The van der Waals surface area contributed by atoms with Crippen LogP contribution in [-0.4, -0.2) is 40.3 Å². The second-order valence-corrected chi connectivity index (χ2v) is 8.48. The molecule has 2 rings (SSSR count). The van der Waals surface area contributed by atoms with E-state index in [2.05, 4.69) is 0 Å². The summed E-state index contributed by atoms with van der Waals surface area (Å²) in [5, 5.41) is 5.01. The van der Waals surface area contributed by atoms with E-state index < -0.39 is 20.0 Å². The first-order valence-electron chi connectivity index (χ1n) is 6.01. The Labute approximate surface area is 130 Å². The number of halogens is 1. The Bertz CT molecular complexity index is 711. The van der Waals surface area contributed by atoms with E-state index >= 15 is 0 Å². The van der Waals surface area contributed by atoms with Gasteiger partial charge in [0.1, 0.15) is 0 Å². The number of hydrogen-bond donors (Lipinski definition) is 2. The Balaban J connectivity index is 0.00000220. The smallest absolute Gasteiger partial charge is 0.243 e. The van der Waals surface area contributed by atoms with E-state index in [1.54, 1.807) is 0 Å². The highest BCUT2D eigenvalue weighted by atomic mass is 35.5. The summed E-state index contributed by atoms with van der Waals surface area (Å²) in [5.41, 5.74) is 5.82. The van der Waals surface area contributed by atoms with Crippen LogP contribution in [0.3, 0.4) is 0 Å². The second kappa shape index (κ2) is 6.19. The number of nitrogens with zero attached hydrogens (tertiary/aromatic N) is 1. The maximum atomic E-state index is 12.4. The van der Waals surface area contributed by atoms with Gasteiger partial charge in [-0.05, 0) is 24.1 Å². The number of sulfonamides is 2. The summed E-state index contributed by atoms with van der Waals surface area (Å²) in [5.74, 6) is 0.0613. The zero-order chi connectivity index (χ0) is 15.1. The second-order valence-electron chi connectivity index (χ2n) is 4.98. The first-order valence-corrected chi connectivity index (χ1v) is 8.99. The van der Waals surface area contributed by atoms with Crippen LogP contribution in [-0.2, 0) is 20.0 Å². The number of benzene rings is 1. The number of hydrogen-bond acceptors (Lipinski definition) is 5. The SMILES string of the molecule is CC1CN(S(=O)(=O)c2cccc(S(N)(=O)=O)c2)CC1N.Cl. The van der Waals surface area contributed by atoms with Crippen LogP contribution < -0.4 is 10.9 Å². The average Bonchev–Trinajstić information content (AvgIpc) is 2.69. The normalized spacial score (nSPS) is 23.8. The summed E-state index contributed by atoms with van der Waals surface area (Å²) >= 11 is 0. The molecule has 1 fully saturated rings. The predicted molar refractivity (Wildman–Crippen MR) is 81.0 cm³/mol. The van der Waals surface area contributed by atoms with Crippen molar-refractivity contribution in [1.29, 1.82) is 0 Å². The third-order valence-corrected chi connectivity index (χ3v) is 6.15. The monoisotopic (exact) mass is 355 g/mol. The Morgan fingerprint density at radius 2 is 1.71 bits per heavy atom. The third-order valence-electron chi connectivity index (χ3n) is 3.41. The average molecular weight is 356 g/mol. The standard InChI is InChI=1S/C11H17N3O4S2.ClH/c1-8-6-14(7-11(8)12)20(17,18)10-4-2-3-9(5-10)19(13,15)16;/h2-5,8,11H,6-7,12H2,1H3,(H2,13,15,16);1H. The van der Waals surface area contributed by atoms with Gasteiger partial charge >= 0.3 is 0 Å². The van der Waals surface area contributed by atoms with Gasteiger partial charge in [0, 0.05) is 19.1 Å². The van der Waals surface area contributed by atoms with Crippen molar-refractivity contribution in [2.24, 2.45) is 16.8 Å². The molecule has 0 saturated carbocycles. The van der Waals surface area contributed by atoms with E-state index in [9.17, 15) is 16.8 Å². The van der Waals surface area contributed by atoms with Crippen LogP contribution in [0.15, 0.2) is 34.1 Å². The number of primary sulfonamides is 1. The molecule has 120 valence electrons. The Hall–Kier alpha value is -0.710. The molecule has 1 heterocycles. The minimum absolute atomic E-state index is 0. The molecule has 1 aromatic carbocycles. The van der Waals surface area contributed by atoms with Crippen LogP contribution in [0, 0.1) is 5.92 Å². The molecule has 7 nitrogen and oxygen atoms in total. The van der Waals surface area contributed by atoms with Crippen molar-refractivity contribution in [3.63, 3.8) is 0 Å². The van der Waals surface area contributed by atoms with Gasteiger partial charge < -0.3 is 5.73 Å². The fourth-order valence-electron chi connectivity index (χ4n) is 2.10. The first kappa shape index (κ1) is 18.3. The minimum atomic E-state index is -3.94. The van der Waals surface area contributed by atoms with E-state index in [1.165, 1.54) is 22.5 Å². The van der Waals surface area contributed by atoms with E-state index in [0.29, 0.717) is 6.54 Å². The fraction of sp³-hybridized carbons (Fsp3) is 0.455. The summed E-state index contributed by atoms with van der Waals surface area (Å²) in [4.78, 5) is -0.319. The van der Waals surface area contributed by atoms with E-state index in [-0.39, 0.29) is 40.7 Å². The highest BCUT2D eigenvalue weighted by molar-refractivity contribution is 7.90. The van der Waals surface area contributed by atoms with Crippen LogP contribution in [0.4, 0.5) is 0 Å². The van der Waals surface area contributed by atoms with Gasteiger partial charge in [-0.25, -0.2) is 22.0 Å². The zero-order valence-corrected chi connectivity index (χ0v) is 13.8. The van der Waals surface area contributed by atoms with Gasteiger partial charge in [0.2, 0.25) is 20.0 Å². The molecule has 0 aromatic heterocycles. The molecule has 2 unspecified atom stereocenters. The molecular weight excluding hydrogens is 338 g/mol. The molecule has 1 saturated heterocycles. The van der Waals surface area contributed by atoms with E-state index in [4.69, 9.17) is 10.9 Å². The first-order chi connectivity index (χ1) is 9.12. The van der Waals surface area contributed by atoms with Crippen molar-refractivity contribution in [1.82, 2.24) is 4.31 Å². The van der Waals surface area contributed by atoms with Gasteiger partial charge in [-0.2, -0.15) is 4.31 Å². The molecule has 1 aromatic rings. The van der Waals surface area contributed by atoms with Crippen molar-refractivity contribution in [2.75, 3.05) is 13.1 Å². The third kappa shape index (κ3) is 3.74. The molecule has 0 spiro atoms. The van der Waals surface area contributed by atoms with Crippen LogP contribution in [0.1, 0.15) is 6.92 Å². The van der Waals surface area contributed by atoms with Gasteiger partial charge in [0.05, 0.1) is 9.79 Å². The van der Waals surface area contributed by atoms with Crippen molar-refractivity contribution in [3.05, 3.63) is 24.3 Å². The minimum Gasteiger partial charge on any atom is -0.326 e. The van der Waals surface area contributed by atoms with E-state index in [0.717, 1.165) is 6.07 Å². The van der Waals surface area contributed by atoms with Crippen LogP contribution >= 0.6 is 12.4 Å². The largest absolute Gasteiger partial charge is 0.326 e. The summed E-state index contributed by atoms with van der Waals surface area (Å²) in [6.07, 6.45) is 0. The molecule has 1 aliphatic rings. The van der Waals surface area contributed by atoms with Gasteiger partial charge in [0.25, 0.3) is 0 Å². The quantitative estimate of drug-likeness (QED) is 0.772. The summed E-state index contributed by atoms with van der Waals surface area (Å²) in [6.45, 7) is 2.42. The number of nitrogens with two attached hydrogens (primary N) is 2. The molecule has 1 aliphatic heterocycles. The predicted octanol–water partition coefficient (Wildman–Crippen LogP) is -0.276. The van der Waals surface area contributed by atoms with Crippen molar-refractivity contribution >= 4 is 32.5 Å². The lowest BCUT2D eigenvalue weighted by atomic mass is 10.1. The van der Waals surface area contributed by atoms with Gasteiger partial charge in [-0.15, -0.1) is 12.4 Å². The number of rotatable bonds is 3. The molecule has 0 aliphatic carbocycles. The lowest BCUT2D eigenvalue weighted by molar-refractivity contribution is 0.464. The lowest BCUT2D eigenvalue weighted by Gasteiger charge is -2.16. The van der Waals surface area contributed by atoms with Crippen LogP contribution in [0.25, 0.3) is 0 Å². The Kier molecular flexibility index (Phi) is 5.40. The maximum Gasteiger partial charge on any atom is 0.243 e. The molecular formula is C11H18ClN3O4S2. The van der Waals surface area contributed by atoms with Crippen LogP contribution in [0.5, 0.6) is 0 Å². The van der Waals surface area contributed by atoms with Gasteiger partial charge in [0.15, 0.2) is 0 Å². The zero-order valence-electron chi connectivity index (χ0n) is 11.3. The van der Waals surface area contributed by atoms with E-state index in [1.807, 2.05) is 6.92 Å². The molecule has 0 radical (unpaired) electrons. The molecule has 0 amide bonds. The summed E-state index contributed by atoms with van der Waals surface area (Å²) < 4.78 is 48.7. The topological polar surface area (TPSA) is 124 Å². The maximum absolute atomic E-state index is 12.4. The molecule has 0 bridgehead atoms. The highest BCUT2D eigenvalue weighted by Crippen LogP contribution is 2.24. The van der Waals surface area contributed by atoms with Crippen molar-refractivity contribution in [3.8, 4) is 0 Å². The van der Waals surface area contributed by atoms with Crippen LogP contribution in [0.2, 0.25) is 0 Å². The highest BCUT2D eigenvalue weighted by Gasteiger charge is 2.35. The van der Waals surface area contributed by atoms with Gasteiger partial charge in [-0.3, -0.25) is 0 Å². The molecule has 4 N–H and O–H groups in total. The Morgan fingerprint density at radius 1 is 1.14 bits per heavy atom. The molecule has 21 heavy (non-hydrogen) atoms. The fourth-order valence-corrected chi connectivity index (χ4v) is 4.36. The van der Waals surface area contributed by atoms with Crippen molar-refractivity contribution < 1.29 is 16.8 Å². The summed E-state index contributed by atoms with van der Waals surface area (Å²) in [6, 6.07) is 4.81. The summed E-state index contributed by atoms with van der Waals surface area (Å²) in [7, 11) is -7.69. The molecule has 10 heteroatoms. The van der Waals surface area contributed by atoms with Gasteiger partial charge in [-0.1, -0.05) is 13.0 Å².